The first-order valence-electron chi connectivity index (χ1n) is 13.8. The Kier molecular flexibility index (Phi) is 6.73. The van der Waals surface area contributed by atoms with Crippen molar-refractivity contribution in [1.29, 1.82) is 0 Å². The molecule has 13 heteroatoms. The molecule has 7 rings (SSSR count). The summed E-state index contributed by atoms with van der Waals surface area (Å²) in [4.78, 5) is 19.9. The van der Waals surface area contributed by atoms with E-state index in [-0.39, 0.29) is 19.0 Å². The summed E-state index contributed by atoms with van der Waals surface area (Å²) in [7, 11) is 1.60. The molecule has 0 radical (unpaired) electrons. The van der Waals surface area contributed by atoms with E-state index in [0.29, 0.717) is 40.7 Å². The van der Waals surface area contributed by atoms with Gasteiger partial charge in [-0.15, -0.1) is 5.10 Å². The summed E-state index contributed by atoms with van der Waals surface area (Å²) in [6, 6.07) is 18.5. The number of carbonyl (C=O) groups is 1. The number of ether oxygens (including phenoxy) is 3. The molecule has 43 heavy (non-hydrogen) atoms. The number of Topliss-reactive ketones (excluding diaryl/α,β-unsaturated/α-hetero) is 1. The average Bonchev–Trinajstić information content (AvgIpc) is 3.82. The minimum atomic E-state index is -1.39. The van der Waals surface area contributed by atoms with Crippen LogP contribution in [0.5, 0.6) is 11.5 Å². The van der Waals surface area contributed by atoms with Gasteiger partial charge in [-0.1, -0.05) is 34.6 Å². The van der Waals surface area contributed by atoms with Gasteiger partial charge in [-0.3, -0.25) is 4.79 Å². The van der Waals surface area contributed by atoms with Crippen molar-refractivity contribution in [3.63, 3.8) is 0 Å². The first-order chi connectivity index (χ1) is 20.9. The monoisotopic (exact) mass is 587 g/mol. The molecular formula is C30H29N5O8. The van der Waals surface area contributed by atoms with Gasteiger partial charge in [-0.25, -0.2) is 4.68 Å². The maximum atomic E-state index is 13.8. The van der Waals surface area contributed by atoms with Crippen molar-refractivity contribution < 1.29 is 39.2 Å². The molecule has 5 heterocycles. The van der Waals surface area contributed by atoms with Gasteiger partial charge in [0.2, 0.25) is 11.4 Å². The van der Waals surface area contributed by atoms with E-state index in [0.717, 1.165) is 5.56 Å². The minimum Gasteiger partial charge on any atom is -0.497 e. The summed E-state index contributed by atoms with van der Waals surface area (Å²) in [6.45, 7) is 0.170. The summed E-state index contributed by atoms with van der Waals surface area (Å²) < 4.78 is 20.2. The van der Waals surface area contributed by atoms with Crippen molar-refractivity contribution in [2.24, 2.45) is 5.16 Å². The number of hydrogen-bond donors (Lipinski definition) is 3. The number of methoxy groups -OCH3 is 1. The van der Waals surface area contributed by atoms with E-state index in [4.69, 9.17) is 19.0 Å². The van der Waals surface area contributed by atoms with Gasteiger partial charge in [-0.05, 0) is 42.0 Å². The number of carbonyl (C=O) groups excluding carboxylic acids is 1. The molecule has 6 atom stereocenters. The van der Waals surface area contributed by atoms with E-state index in [1.54, 1.807) is 19.2 Å². The summed E-state index contributed by atoms with van der Waals surface area (Å²) in [5.41, 5.74) is 1.79. The van der Waals surface area contributed by atoms with Gasteiger partial charge < -0.3 is 38.9 Å². The lowest BCUT2D eigenvalue weighted by atomic mass is 9.75. The van der Waals surface area contributed by atoms with Crippen LogP contribution in [-0.2, 0) is 22.7 Å². The smallest absolute Gasteiger partial charge is 0.231 e. The number of nitrogens with zero attached hydrogens (tertiary/aromatic N) is 5. The maximum Gasteiger partial charge on any atom is 0.231 e. The molecule has 1 saturated heterocycles. The molecule has 3 aliphatic rings. The van der Waals surface area contributed by atoms with E-state index < -0.39 is 36.1 Å². The zero-order valence-corrected chi connectivity index (χ0v) is 23.1. The quantitative estimate of drug-likeness (QED) is 0.288. The molecule has 0 bridgehead atoms. The lowest BCUT2D eigenvalue weighted by molar-refractivity contribution is -0.214. The molecule has 3 N–H and O–H groups in total. The molecule has 3 aliphatic heterocycles. The molecule has 2 aromatic carbocycles. The molecule has 0 saturated carbocycles. The van der Waals surface area contributed by atoms with E-state index in [1.807, 2.05) is 59.3 Å². The number of benzene rings is 2. The highest BCUT2D eigenvalue weighted by Gasteiger charge is 2.60. The van der Waals surface area contributed by atoms with Gasteiger partial charge in [-0.2, -0.15) is 0 Å². The number of ketones is 1. The number of oxime groups is 1. The average molecular weight is 588 g/mol. The number of fused-ring (bicyclic) bond motifs is 1. The molecule has 222 valence electrons. The predicted octanol–water partition coefficient (Wildman–Crippen LogP) is 1.43. The van der Waals surface area contributed by atoms with E-state index >= 15 is 0 Å². The van der Waals surface area contributed by atoms with Crippen LogP contribution < -0.4 is 9.47 Å². The van der Waals surface area contributed by atoms with Crippen LogP contribution in [0.2, 0.25) is 0 Å². The number of hydrogen-bond acceptors (Lipinski definition) is 11. The normalized spacial score (nSPS) is 28.0. The third kappa shape index (κ3) is 4.48. The van der Waals surface area contributed by atoms with Gasteiger partial charge in [0, 0.05) is 11.8 Å². The highest BCUT2D eigenvalue weighted by Crippen LogP contribution is 2.47. The Morgan fingerprint density at radius 2 is 1.86 bits per heavy atom. The zero-order valence-electron chi connectivity index (χ0n) is 23.1. The maximum absolute atomic E-state index is 13.8. The van der Waals surface area contributed by atoms with Crippen molar-refractivity contribution in [3.8, 4) is 11.5 Å². The topological polar surface area (TPSA) is 163 Å². The van der Waals surface area contributed by atoms with Crippen LogP contribution in [0.25, 0.3) is 0 Å². The third-order valence-corrected chi connectivity index (χ3v) is 8.18. The minimum absolute atomic E-state index is 0.0158. The fraction of sp³-hybridized carbons (Fsp3) is 0.333. The highest BCUT2D eigenvalue weighted by atomic mass is 16.7. The Morgan fingerprint density at radius 3 is 2.65 bits per heavy atom. The molecule has 13 nitrogen and oxygen atoms in total. The summed E-state index contributed by atoms with van der Waals surface area (Å²) in [6.07, 6.45) is -1.56. The standard InChI is InChI=1S/C30H29N5O8/c1-40-19-10-8-17(9-11-19)24-25(32-43-30(24)16-34-12-4-6-21(34)28(30)39)20-5-2-3-7-23(20)41-14-18-13-35(33-31-18)29-27(38)26(37)22(36)15-42-29/h2-13,22,24,26-27,29,36-38H,14-16H2,1H3/t22-,24?,26-,27+,29-,30?/m0/s1. The van der Waals surface area contributed by atoms with Gasteiger partial charge in [0.05, 0.1) is 38.1 Å². The van der Waals surface area contributed by atoms with Gasteiger partial charge >= 0.3 is 0 Å². The Morgan fingerprint density at radius 1 is 1.05 bits per heavy atom. The first-order valence-corrected chi connectivity index (χ1v) is 13.8. The van der Waals surface area contributed by atoms with E-state index in [9.17, 15) is 20.1 Å². The Hall–Kier alpha value is -4.56. The van der Waals surface area contributed by atoms with Crippen molar-refractivity contribution in [1.82, 2.24) is 19.6 Å². The second-order valence-electron chi connectivity index (χ2n) is 10.8. The fourth-order valence-electron chi connectivity index (χ4n) is 5.96. The molecule has 2 aromatic heterocycles. The van der Waals surface area contributed by atoms with Crippen LogP contribution in [-0.4, -0.2) is 84.0 Å². The van der Waals surface area contributed by atoms with Gasteiger partial charge in [0.15, 0.2) is 6.23 Å². The molecule has 1 fully saturated rings. The lowest BCUT2D eigenvalue weighted by Gasteiger charge is -2.34. The molecule has 4 aromatic rings. The number of aliphatic hydroxyl groups excluding tert-OH is 3. The molecule has 1 spiro atoms. The van der Waals surface area contributed by atoms with Crippen LogP contribution in [0.4, 0.5) is 0 Å². The van der Waals surface area contributed by atoms with Crippen LogP contribution in [0.1, 0.15) is 39.5 Å². The first kappa shape index (κ1) is 27.3. The Labute approximate surface area is 245 Å². The summed E-state index contributed by atoms with van der Waals surface area (Å²) in [5.74, 6) is 0.500. The Balaban J connectivity index is 1.17. The Bertz CT molecular complexity index is 1680. The van der Waals surface area contributed by atoms with E-state index in [1.165, 1.54) is 10.9 Å². The van der Waals surface area contributed by atoms with Crippen molar-refractivity contribution in [2.45, 2.75) is 49.2 Å². The van der Waals surface area contributed by atoms with Gasteiger partial charge in [0.25, 0.3) is 0 Å². The second-order valence-corrected chi connectivity index (χ2v) is 10.8. The van der Waals surface area contributed by atoms with Crippen LogP contribution in [0.3, 0.4) is 0 Å². The van der Waals surface area contributed by atoms with Crippen molar-refractivity contribution in [3.05, 3.63) is 95.6 Å². The number of aliphatic hydroxyl groups is 3. The van der Waals surface area contributed by atoms with Crippen molar-refractivity contribution >= 4 is 11.5 Å². The van der Waals surface area contributed by atoms with E-state index in [2.05, 4.69) is 15.5 Å². The SMILES string of the molecule is COc1ccc(C2C(c3ccccc3OCc3cn([C@H]4OC[C@H](O)[C@H](O)[C@H]4O)nn3)=NOC23Cn2cccc2C3=O)cc1. The third-order valence-electron chi connectivity index (χ3n) is 8.18. The lowest BCUT2D eigenvalue weighted by Crippen LogP contribution is -2.50. The molecule has 0 aliphatic carbocycles. The number of rotatable bonds is 7. The van der Waals surface area contributed by atoms with Crippen LogP contribution >= 0.6 is 0 Å². The largest absolute Gasteiger partial charge is 0.497 e. The number of para-hydroxylation sites is 1. The molecule has 0 amide bonds. The van der Waals surface area contributed by atoms with Crippen molar-refractivity contribution in [2.75, 3.05) is 13.7 Å². The van der Waals surface area contributed by atoms with Gasteiger partial charge in [0.1, 0.15) is 47.8 Å². The zero-order chi connectivity index (χ0) is 29.7. The van der Waals surface area contributed by atoms with Crippen LogP contribution in [0, 0.1) is 0 Å². The molecular weight excluding hydrogens is 558 g/mol. The number of aromatic nitrogens is 4. The molecule has 2 unspecified atom stereocenters. The summed E-state index contributed by atoms with van der Waals surface area (Å²) in [5, 5.41) is 42.7. The fourth-order valence-corrected chi connectivity index (χ4v) is 5.96. The second kappa shape index (κ2) is 10.6. The summed E-state index contributed by atoms with van der Waals surface area (Å²) >= 11 is 0. The predicted molar refractivity (Wildman–Crippen MR) is 149 cm³/mol. The highest BCUT2D eigenvalue weighted by molar-refractivity contribution is 6.15. The van der Waals surface area contributed by atoms with Crippen LogP contribution in [0.15, 0.2) is 78.2 Å².